The molecule has 0 aliphatic carbocycles. The van der Waals surface area contributed by atoms with Gasteiger partial charge in [-0.25, -0.2) is 4.99 Å². The molecule has 24 heavy (non-hydrogen) atoms. The molecule has 0 spiro atoms. The second-order valence-corrected chi connectivity index (χ2v) is 5.76. The van der Waals surface area contributed by atoms with Gasteiger partial charge < -0.3 is 24.6 Å². The fourth-order valence-electron chi connectivity index (χ4n) is 2.79. The van der Waals surface area contributed by atoms with E-state index in [1.807, 2.05) is 87.2 Å². The van der Waals surface area contributed by atoms with Crippen LogP contribution in [0.15, 0.2) is 66.0 Å². The van der Waals surface area contributed by atoms with E-state index >= 15 is 0 Å². The number of H-pyrrole nitrogens is 1. The highest BCUT2D eigenvalue weighted by Gasteiger charge is 2.19. The Hall–Kier alpha value is -3.15. The standard InChI is InChI=1S/C18H14N6/c1-3-17-10-21-5-7-23(12-21)14-24-8-6-22(13-24)11-18-4-2-16(20-18)9-15(1)19-17/h1-11,19H,14H2/b15-9-,17-10-,18-11-. The lowest BCUT2D eigenvalue weighted by Gasteiger charge is -2.23. The van der Waals surface area contributed by atoms with Gasteiger partial charge >= 0.3 is 0 Å². The van der Waals surface area contributed by atoms with Gasteiger partial charge in [-0.2, -0.15) is 0 Å². The molecule has 4 radical (unpaired) electrons. The van der Waals surface area contributed by atoms with Crippen molar-refractivity contribution in [3.8, 4) is 0 Å². The van der Waals surface area contributed by atoms with Gasteiger partial charge in [0.25, 0.3) is 0 Å². The Labute approximate surface area is 140 Å². The molecule has 116 valence electrons. The highest BCUT2D eigenvalue weighted by atomic mass is 15.4. The summed E-state index contributed by atoms with van der Waals surface area (Å²) in [6, 6.07) is 4.08. The van der Waals surface area contributed by atoms with Crippen LogP contribution in [0.25, 0.3) is 12.3 Å². The SMILES string of the molecule is [C]1N2C=CN1CN1[C]N(C=C1)/C=c1/cc/c([nH]1)=C/C1=NC(=C\2)/C=C1. The first-order valence-electron chi connectivity index (χ1n) is 7.67. The summed E-state index contributed by atoms with van der Waals surface area (Å²) >= 11 is 0. The Morgan fingerprint density at radius 2 is 1.62 bits per heavy atom. The zero-order chi connectivity index (χ0) is 15.9. The van der Waals surface area contributed by atoms with Gasteiger partial charge in [0.15, 0.2) is 0 Å². The predicted molar refractivity (Wildman–Crippen MR) is 90.6 cm³/mol. The summed E-state index contributed by atoms with van der Waals surface area (Å²) in [6.07, 6.45) is 17.9. The maximum absolute atomic E-state index is 4.61. The first-order chi connectivity index (χ1) is 11.8. The molecule has 4 aliphatic rings. The van der Waals surface area contributed by atoms with Gasteiger partial charge in [-0.1, -0.05) is 0 Å². The van der Waals surface area contributed by atoms with Crippen LogP contribution in [0.2, 0.25) is 0 Å². The van der Waals surface area contributed by atoms with Crippen molar-refractivity contribution in [1.29, 1.82) is 0 Å². The van der Waals surface area contributed by atoms with Crippen molar-refractivity contribution in [2.75, 3.05) is 6.67 Å². The molecule has 0 saturated heterocycles. The van der Waals surface area contributed by atoms with E-state index in [-0.39, 0.29) is 0 Å². The predicted octanol–water partition coefficient (Wildman–Crippen LogP) is 0.527. The van der Waals surface area contributed by atoms with Gasteiger partial charge in [-0.05, 0) is 30.4 Å². The highest BCUT2D eigenvalue weighted by molar-refractivity contribution is 6.19. The van der Waals surface area contributed by atoms with Crippen LogP contribution in [0.3, 0.4) is 0 Å². The molecular formula is C18H14N6. The van der Waals surface area contributed by atoms with E-state index in [9.17, 15) is 0 Å². The summed E-state index contributed by atoms with van der Waals surface area (Å²) in [4.78, 5) is 15.7. The molecule has 4 aliphatic heterocycles. The maximum atomic E-state index is 4.61. The molecule has 5 heterocycles. The minimum atomic E-state index is 0.644. The normalized spacial score (nSPS) is 26.2. The number of hydrogen-bond donors (Lipinski definition) is 1. The zero-order valence-corrected chi connectivity index (χ0v) is 12.8. The zero-order valence-electron chi connectivity index (χ0n) is 12.8. The lowest BCUT2D eigenvalue weighted by Crippen LogP contribution is -2.29. The molecule has 0 amide bonds. The number of allylic oxidation sites excluding steroid dienone is 2. The van der Waals surface area contributed by atoms with Gasteiger partial charge in [-0.3, -0.25) is 0 Å². The number of aromatic nitrogens is 1. The second-order valence-electron chi connectivity index (χ2n) is 5.76. The Morgan fingerprint density at radius 1 is 0.875 bits per heavy atom. The van der Waals surface area contributed by atoms with Crippen molar-refractivity contribution in [3.63, 3.8) is 0 Å². The molecule has 0 saturated carbocycles. The largest absolute Gasteiger partial charge is 0.354 e. The molecule has 5 rings (SSSR count). The fraction of sp³-hybridized carbons (Fsp3) is 0.0556. The third kappa shape index (κ3) is 2.52. The number of aliphatic imine (C=N–C) groups is 1. The van der Waals surface area contributed by atoms with Crippen molar-refractivity contribution in [1.82, 2.24) is 24.6 Å². The number of aromatic amines is 1. The number of rotatable bonds is 0. The molecular weight excluding hydrogens is 300 g/mol. The van der Waals surface area contributed by atoms with Crippen LogP contribution in [-0.4, -0.2) is 37.0 Å². The van der Waals surface area contributed by atoms with Gasteiger partial charge in [0.2, 0.25) is 13.3 Å². The molecule has 1 N–H and O–H groups in total. The van der Waals surface area contributed by atoms with E-state index in [1.54, 1.807) is 0 Å². The van der Waals surface area contributed by atoms with E-state index in [1.165, 1.54) is 0 Å². The van der Waals surface area contributed by atoms with Gasteiger partial charge in [0.05, 0.1) is 23.4 Å². The van der Waals surface area contributed by atoms with E-state index in [0.29, 0.717) is 6.67 Å². The van der Waals surface area contributed by atoms with Gasteiger partial charge in [-0.15, -0.1) is 0 Å². The molecule has 1 aromatic rings. The van der Waals surface area contributed by atoms with Crippen LogP contribution in [0, 0.1) is 13.3 Å². The van der Waals surface area contributed by atoms with Crippen molar-refractivity contribution >= 4 is 18.0 Å². The molecule has 1 aromatic heterocycles. The first-order valence-corrected chi connectivity index (χ1v) is 7.67. The third-order valence-corrected chi connectivity index (χ3v) is 3.87. The third-order valence-electron chi connectivity index (χ3n) is 3.87. The maximum Gasteiger partial charge on any atom is 0.213 e. The average Bonchev–Trinajstić information content (AvgIpc) is 3.32. The minimum Gasteiger partial charge on any atom is -0.354 e. The van der Waals surface area contributed by atoms with Crippen molar-refractivity contribution < 1.29 is 0 Å². The first kappa shape index (κ1) is 13.3. The van der Waals surface area contributed by atoms with Crippen molar-refractivity contribution in [3.05, 3.63) is 85.0 Å². The Balaban J connectivity index is 1.56. The average molecular weight is 314 g/mol. The lowest BCUT2D eigenvalue weighted by atomic mass is 10.3. The summed E-state index contributed by atoms with van der Waals surface area (Å²) < 4.78 is 0. The van der Waals surface area contributed by atoms with E-state index in [0.717, 1.165) is 22.1 Å². The van der Waals surface area contributed by atoms with E-state index < -0.39 is 0 Å². The Morgan fingerprint density at radius 3 is 2.46 bits per heavy atom. The smallest absolute Gasteiger partial charge is 0.213 e. The number of hydrogen-bond acceptors (Lipinski definition) is 5. The monoisotopic (exact) mass is 314 g/mol. The van der Waals surface area contributed by atoms with Gasteiger partial charge in [0.1, 0.15) is 0 Å². The number of fused-ring (bicyclic) bond motifs is 7. The van der Waals surface area contributed by atoms with E-state index in [4.69, 9.17) is 0 Å². The topological polar surface area (TPSA) is 41.1 Å². The van der Waals surface area contributed by atoms with Crippen LogP contribution in [-0.2, 0) is 0 Å². The molecule has 6 nitrogen and oxygen atoms in total. The summed E-state index contributed by atoms with van der Waals surface area (Å²) in [5.74, 6) is 0. The van der Waals surface area contributed by atoms with E-state index in [2.05, 4.69) is 23.3 Å². The van der Waals surface area contributed by atoms with Crippen molar-refractivity contribution in [2.45, 2.75) is 0 Å². The molecule has 0 aromatic carbocycles. The lowest BCUT2D eigenvalue weighted by molar-refractivity contribution is 0.264. The fourth-order valence-corrected chi connectivity index (χ4v) is 2.79. The van der Waals surface area contributed by atoms with Gasteiger partial charge in [0, 0.05) is 42.5 Å². The van der Waals surface area contributed by atoms with Crippen LogP contribution in [0.5, 0.6) is 0 Å². The quantitative estimate of drug-likeness (QED) is 0.758. The van der Waals surface area contributed by atoms with Crippen LogP contribution in [0.4, 0.5) is 0 Å². The summed E-state index contributed by atoms with van der Waals surface area (Å²) in [6.45, 7) is 7.17. The number of nitrogens with one attached hydrogen (secondary N) is 1. The van der Waals surface area contributed by atoms with Crippen LogP contribution in [0.1, 0.15) is 0 Å². The molecule has 6 heteroatoms. The Kier molecular flexibility index (Phi) is 2.88. The summed E-state index contributed by atoms with van der Waals surface area (Å²) in [5.41, 5.74) is 1.82. The van der Waals surface area contributed by atoms with Crippen LogP contribution >= 0.6 is 0 Å². The summed E-state index contributed by atoms with van der Waals surface area (Å²) in [5, 5.41) is 2.03. The van der Waals surface area contributed by atoms with Crippen LogP contribution < -0.4 is 10.7 Å². The molecule has 0 unspecified atom stereocenters. The minimum absolute atomic E-state index is 0.644. The molecule has 0 fully saturated rings. The second kappa shape index (κ2) is 5.19. The number of nitrogens with zero attached hydrogens (tertiary/aromatic N) is 5. The highest BCUT2D eigenvalue weighted by Crippen LogP contribution is 2.19. The van der Waals surface area contributed by atoms with Crippen molar-refractivity contribution in [2.24, 2.45) is 4.99 Å². The Bertz CT molecular complexity index is 929. The molecule has 8 bridgehead atoms. The molecule has 0 atom stereocenters. The summed E-state index contributed by atoms with van der Waals surface area (Å²) in [7, 11) is 0.